The van der Waals surface area contributed by atoms with Gasteiger partial charge in [-0.15, -0.1) is 0 Å². The fourth-order valence-corrected chi connectivity index (χ4v) is 4.53. The molecule has 30 heavy (non-hydrogen) atoms. The zero-order valence-corrected chi connectivity index (χ0v) is 16.9. The van der Waals surface area contributed by atoms with E-state index in [0.29, 0.717) is 5.75 Å². The molecular weight excluding hydrogens is 419 g/mol. The summed E-state index contributed by atoms with van der Waals surface area (Å²) in [5, 5.41) is 0. The second-order valence-corrected chi connectivity index (χ2v) is 8.36. The molecule has 0 saturated carbocycles. The van der Waals surface area contributed by atoms with Gasteiger partial charge < -0.3 is 9.47 Å². The van der Waals surface area contributed by atoms with Crippen LogP contribution >= 0.6 is 0 Å². The number of ether oxygens (including phenoxy) is 2. The van der Waals surface area contributed by atoms with E-state index in [2.05, 4.69) is 4.98 Å². The molecule has 0 amide bonds. The van der Waals surface area contributed by atoms with E-state index in [0.717, 1.165) is 6.07 Å². The van der Waals surface area contributed by atoms with E-state index in [4.69, 9.17) is 9.47 Å². The quantitative estimate of drug-likeness (QED) is 0.556. The Labute approximate surface area is 172 Å². The van der Waals surface area contributed by atoms with Crippen molar-refractivity contribution >= 4 is 9.84 Å². The van der Waals surface area contributed by atoms with Gasteiger partial charge in [-0.1, -0.05) is 18.2 Å². The maximum atomic E-state index is 13.3. The number of hydrogen-bond donors (Lipinski definition) is 0. The molecule has 2 aromatic carbocycles. The molecule has 0 N–H and O–H groups in total. The standard InChI is InChI=1S/C21H18F3NO4S/c1-28-16-7-8-19(29-2)20(10-16)30(26,27)13-14-9-15(12-25-11-14)17-5-3-4-6-18(17)21(22,23)24/h3-12H,13H2,1-2H3. The highest BCUT2D eigenvalue weighted by Crippen LogP contribution is 2.37. The summed E-state index contributed by atoms with van der Waals surface area (Å²) in [6.45, 7) is 0. The van der Waals surface area contributed by atoms with Gasteiger partial charge in [0, 0.05) is 24.0 Å². The number of hydrogen-bond acceptors (Lipinski definition) is 5. The second kappa shape index (κ2) is 8.35. The molecule has 3 rings (SSSR count). The van der Waals surface area contributed by atoms with Gasteiger partial charge >= 0.3 is 6.18 Å². The lowest BCUT2D eigenvalue weighted by Crippen LogP contribution is -2.09. The minimum atomic E-state index is -4.55. The largest absolute Gasteiger partial charge is 0.497 e. The normalized spacial score (nSPS) is 11.9. The highest BCUT2D eigenvalue weighted by molar-refractivity contribution is 7.90. The summed E-state index contributed by atoms with van der Waals surface area (Å²) in [5.41, 5.74) is -0.473. The van der Waals surface area contributed by atoms with Crippen LogP contribution in [0.5, 0.6) is 11.5 Å². The molecule has 0 saturated heterocycles. The van der Waals surface area contributed by atoms with Crippen LogP contribution in [0, 0.1) is 0 Å². The topological polar surface area (TPSA) is 65.5 Å². The van der Waals surface area contributed by atoms with E-state index in [-0.39, 0.29) is 27.3 Å². The molecule has 9 heteroatoms. The van der Waals surface area contributed by atoms with Crippen LogP contribution < -0.4 is 9.47 Å². The lowest BCUT2D eigenvalue weighted by Gasteiger charge is -2.14. The average Bonchev–Trinajstić information content (AvgIpc) is 2.72. The maximum absolute atomic E-state index is 13.3. The molecule has 0 unspecified atom stereocenters. The van der Waals surface area contributed by atoms with Crippen molar-refractivity contribution in [1.29, 1.82) is 0 Å². The van der Waals surface area contributed by atoms with Crippen LogP contribution in [-0.2, 0) is 21.8 Å². The van der Waals surface area contributed by atoms with Gasteiger partial charge in [0.05, 0.1) is 25.5 Å². The van der Waals surface area contributed by atoms with Crippen molar-refractivity contribution in [2.45, 2.75) is 16.8 Å². The van der Waals surface area contributed by atoms with Gasteiger partial charge in [0.25, 0.3) is 0 Å². The van der Waals surface area contributed by atoms with Crippen LogP contribution in [-0.4, -0.2) is 27.6 Å². The molecule has 0 bridgehead atoms. The molecule has 1 heterocycles. The third-order valence-corrected chi connectivity index (χ3v) is 6.10. The van der Waals surface area contributed by atoms with Crippen LogP contribution in [0.1, 0.15) is 11.1 Å². The number of rotatable bonds is 6. The van der Waals surface area contributed by atoms with Crippen LogP contribution in [0.15, 0.2) is 65.8 Å². The Bertz CT molecular complexity index is 1160. The van der Waals surface area contributed by atoms with Crippen molar-refractivity contribution < 1.29 is 31.1 Å². The van der Waals surface area contributed by atoms with Crippen LogP contribution in [0.2, 0.25) is 0 Å². The number of aromatic nitrogens is 1. The first-order valence-electron chi connectivity index (χ1n) is 8.71. The number of methoxy groups -OCH3 is 2. The van der Waals surface area contributed by atoms with Crippen LogP contribution in [0.25, 0.3) is 11.1 Å². The molecule has 0 radical (unpaired) electrons. The van der Waals surface area contributed by atoms with Crippen molar-refractivity contribution in [3.05, 3.63) is 72.1 Å². The Morgan fingerprint density at radius 1 is 0.967 bits per heavy atom. The van der Waals surface area contributed by atoms with E-state index in [9.17, 15) is 21.6 Å². The van der Waals surface area contributed by atoms with Gasteiger partial charge in [-0.2, -0.15) is 13.2 Å². The summed E-state index contributed by atoms with van der Waals surface area (Å²) in [7, 11) is -1.14. The molecule has 0 aliphatic heterocycles. The van der Waals surface area contributed by atoms with Crippen molar-refractivity contribution in [2.24, 2.45) is 0 Å². The summed E-state index contributed by atoms with van der Waals surface area (Å²) in [6.07, 6.45) is -1.97. The fourth-order valence-electron chi connectivity index (χ4n) is 3.02. The molecule has 0 fully saturated rings. The first-order valence-corrected chi connectivity index (χ1v) is 10.4. The third-order valence-electron chi connectivity index (χ3n) is 4.40. The molecule has 158 valence electrons. The Hall–Kier alpha value is -3.07. The Balaban J connectivity index is 2.01. The van der Waals surface area contributed by atoms with Crippen LogP contribution in [0.3, 0.4) is 0 Å². The summed E-state index contributed by atoms with van der Waals surface area (Å²) >= 11 is 0. The number of pyridine rings is 1. The Morgan fingerprint density at radius 3 is 2.37 bits per heavy atom. The fraction of sp³-hybridized carbons (Fsp3) is 0.190. The van der Waals surface area contributed by atoms with E-state index < -0.39 is 27.3 Å². The second-order valence-electron chi connectivity index (χ2n) is 6.40. The smallest absolute Gasteiger partial charge is 0.417 e. The minimum absolute atomic E-state index is 0.0734. The predicted octanol–water partition coefficient (Wildman–Crippen LogP) is 4.76. The summed E-state index contributed by atoms with van der Waals surface area (Å²) in [5.74, 6) is 0.00800. The number of nitrogens with zero attached hydrogens (tertiary/aromatic N) is 1. The number of sulfone groups is 1. The zero-order chi connectivity index (χ0) is 21.9. The SMILES string of the molecule is COc1ccc(OC)c(S(=O)(=O)Cc2cncc(-c3ccccc3C(F)(F)F)c2)c1. The van der Waals surface area contributed by atoms with Gasteiger partial charge in [0.15, 0.2) is 9.84 Å². The lowest BCUT2D eigenvalue weighted by molar-refractivity contribution is -0.137. The van der Waals surface area contributed by atoms with Crippen LogP contribution in [0.4, 0.5) is 13.2 Å². The molecular formula is C21H18F3NO4S. The molecule has 1 aromatic heterocycles. The van der Waals surface area contributed by atoms with Gasteiger partial charge in [0.2, 0.25) is 0 Å². The Kier molecular flexibility index (Phi) is 6.02. The minimum Gasteiger partial charge on any atom is -0.497 e. The molecule has 0 aliphatic rings. The summed E-state index contributed by atoms with van der Waals surface area (Å²) in [4.78, 5) is 3.87. The number of benzene rings is 2. The van der Waals surface area contributed by atoms with Crippen molar-refractivity contribution in [2.75, 3.05) is 14.2 Å². The van der Waals surface area contributed by atoms with Crippen molar-refractivity contribution in [3.63, 3.8) is 0 Å². The zero-order valence-electron chi connectivity index (χ0n) is 16.1. The first kappa shape index (κ1) is 21.6. The van der Waals surface area contributed by atoms with Gasteiger partial charge in [-0.25, -0.2) is 8.42 Å². The lowest BCUT2D eigenvalue weighted by atomic mass is 10.00. The number of alkyl halides is 3. The average molecular weight is 437 g/mol. The first-order chi connectivity index (χ1) is 14.2. The molecule has 3 aromatic rings. The van der Waals surface area contributed by atoms with Gasteiger partial charge in [0.1, 0.15) is 16.4 Å². The highest BCUT2D eigenvalue weighted by Gasteiger charge is 2.33. The van der Waals surface area contributed by atoms with E-state index >= 15 is 0 Å². The van der Waals surface area contributed by atoms with Gasteiger partial charge in [-0.05, 0) is 35.4 Å². The summed E-state index contributed by atoms with van der Waals surface area (Å²) in [6, 6.07) is 10.8. The third kappa shape index (κ3) is 4.56. The van der Waals surface area contributed by atoms with Gasteiger partial charge in [-0.3, -0.25) is 4.98 Å². The van der Waals surface area contributed by atoms with E-state index in [1.165, 1.54) is 63.0 Å². The van der Waals surface area contributed by atoms with E-state index in [1.54, 1.807) is 6.07 Å². The molecule has 0 spiro atoms. The molecule has 0 atom stereocenters. The molecule has 0 aliphatic carbocycles. The van der Waals surface area contributed by atoms with E-state index in [1.807, 2.05) is 0 Å². The predicted molar refractivity (Wildman–Crippen MR) is 105 cm³/mol. The van der Waals surface area contributed by atoms with Crippen molar-refractivity contribution in [3.8, 4) is 22.6 Å². The molecule has 5 nitrogen and oxygen atoms in total. The highest BCUT2D eigenvalue weighted by atomic mass is 32.2. The number of halogens is 3. The Morgan fingerprint density at radius 2 is 1.70 bits per heavy atom. The van der Waals surface area contributed by atoms with Crippen molar-refractivity contribution in [1.82, 2.24) is 4.98 Å². The monoisotopic (exact) mass is 437 g/mol. The maximum Gasteiger partial charge on any atom is 0.417 e. The summed E-state index contributed by atoms with van der Waals surface area (Å²) < 4.78 is 76.2.